The van der Waals surface area contributed by atoms with Crippen LogP contribution in [-0.4, -0.2) is 26.5 Å². The molecular formula is C9H12N4OS. The number of aliphatic hydroxyl groups is 1. The van der Waals surface area contributed by atoms with Gasteiger partial charge in [-0.15, -0.1) is 11.3 Å². The van der Waals surface area contributed by atoms with E-state index in [1.54, 1.807) is 28.4 Å². The first-order valence-electron chi connectivity index (χ1n) is 4.64. The highest BCUT2D eigenvalue weighted by Crippen LogP contribution is 2.11. The van der Waals surface area contributed by atoms with Crippen LogP contribution in [0.15, 0.2) is 24.0 Å². The van der Waals surface area contributed by atoms with Crippen LogP contribution in [0.4, 0.5) is 5.13 Å². The number of anilines is 1. The minimum atomic E-state index is 0.112. The Labute approximate surface area is 91.4 Å². The maximum atomic E-state index is 8.72. The highest BCUT2D eigenvalue weighted by molar-refractivity contribution is 7.13. The quantitative estimate of drug-likeness (QED) is 0.793. The first-order chi connectivity index (χ1) is 7.38. The van der Waals surface area contributed by atoms with Crippen molar-refractivity contribution in [2.24, 2.45) is 0 Å². The van der Waals surface area contributed by atoms with Crippen LogP contribution in [0.3, 0.4) is 0 Å². The second kappa shape index (κ2) is 4.90. The molecular weight excluding hydrogens is 212 g/mol. The summed E-state index contributed by atoms with van der Waals surface area (Å²) >= 11 is 1.57. The molecule has 0 aliphatic carbocycles. The van der Waals surface area contributed by atoms with Gasteiger partial charge in [0.15, 0.2) is 5.13 Å². The van der Waals surface area contributed by atoms with E-state index in [9.17, 15) is 0 Å². The van der Waals surface area contributed by atoms with Crippen LogP contribution in [0.5, 0.6) is 0 Å². The van der Waals surface area contributed by atoms with Crippen LogP contribution in [0.2, 0.25) is 0 Å². The van der Waals surface area contributed by atoms with E-state index < -0.39 is 0 Å². The molecule has 0 saturated carbocycles. The standard InChI is InChI=1S/C9H12N4OS/c14-3-2-13-7-8(6-12-13)5-11-9-10-1-4-15-9/h1,4,6-7,14H,2-3,5H2,(H,10,11). The lowest BCUT2D eigenvalue weighted by atomic mass is 10.4. The number of hydrogen-bond acceptors (Lipinski definition) is 5. The lowest BCUT2D eigenvalue weighted by Gasteiger charge is -1.98. The van der Waals surface area contributed by atoms with Crippen molar-refractivity contribution in [3.8, 4) is 0 Å². The van der Waals surface area contributed by atoms with E-state index in [4.69, 9.17) is 5.11 Å². The minimum Gasteiger partial charge on any atom is -0.394 e. The molecule has 2 rings (SSSR count). The summed E-state index contributed by atoms with van der Waals surface area (Å²) in [6.45, 7) is 1.36. The number of rotatable bonds is 5. The number of thiazole rings is 1. The molecule has 0 unspecified atom stereocenters. The highest BCUT2D eigenvalue weighted by atomic mass is 32.1. The normalized spacial score (nSPS) is 10.5. The van der Waals surface area contributed by atoms with Crippen LogP contribution < -0.4 is 5.32 Å². The fourth-order valence-electron chi connectivity index (χ4n) is 1.21. The van der Waals surface area contributed by atoms with E-state index in [0.717, 1.165) is 10.7 Å². The number of aromatic nitrogens is 3. The zero-order valence-electron chi connectivity index (χ0n) is 8.13. The summed E-state index contributed by atoms with van der Waals surface area (Å²) in [6, 6.07) is 0. The molecule has 0 aliphatic rings. The Bertz CT molecular complexity index is 398. The summed E-state index contributed by atoms with van der Waals surface area (Å²) < 4.78 is 1.72. The fraction of sp³-hybridized carbons (Fsp3) is 0.333. The van der Waals surface area contributed by atoms with Crippen molar-refractivity contribution < 1.29 is 5.11 Å². The van der Waals surface area contributed by atoms with Gasteiger partial charge in [0, 0.05) is 29.9 Å². The molecule has 0 aliphatic heterocycles. The van der Waals surface area contributed by atoms with Crippen LogP contribution in [0.1, 0.15) is 5.56 Å². The minimum absolute atomic E-state index is 0.112. The van der Waals surface area contributed by atoms with Crippen molar-refractivity contribution >= 4 is 16.5 Å². The second-order valence-electron chi connectivity index (χ2n) is 3.03. The molecule has 0 spiro atoms. The Morgan fingerprint density at radius 3 is 3.20 bits per heavy atom. The van der Waals surface area contributed by atoms with Gasteiger partial charge < -0.3 is 10.4 Å². The largest absolute Gasteiger partial charge is 0.394 e. The second-order valence-corrected chi connectivity index (χ2v) is 3.92. The van der Waals surface area contributed by atoms with Crippen LogP contribution >= 0.6 is 11.3 Å². The fourth-order valence-corrected chi connectivity index (χ4v) is 1.74. The summed E-state index contributed by atoms with van der Waals surface area (Å²) in [5, 5.41) is 18.9. The van der Waals surface area contributed by atoms with E-state index in [1.165, 1.54) is 0 Å². The summed E-state index contributed by atoms with van der Waals surface area (Å²) in [4.78, 5) is 4.11. The predicted octanol–water partition coefficient (Wildman–Crippen LogP) is 0.944. The lowest BCUT2D eigenvalue weighted by Crippen LogP contribution is -2.02. The maximum Gasteiger partial charge on any atom is 0.182 e. The van der Waals surface area contributed by atoms with E-state index >= 15 is 0 Å². The molecule has 5 nitrogen and oxygen atoms in total. The first-order valence-corrected chi connectivity index (χ1v) is 5.52. The molecule has 0 fully saturated rings. The van der Waals surface area contributed by atoms with E-state index in [-0.39, 0.29) is 6.61 Å². The number of hydrogen-bond donors (Lipinski definition) is 2. The SMILES string of the molecule is OCCn1cc(CNc2nccs2)cn1. The summed E-state index contributed by atoms with van der Waals surface area (Å²) in [7, 11) is 0. The van der Waals surface area contributed by atoms with E-state index in [2.05, 4.69) is 15.4 Å². The van der Waals surface area contributed by atoms with Gasteiger partial charge in [-0.2, -0.15) is 5.10 Å². The molecule has 2 aromatic rings. The first kappa shape index (κ1) is 10.1. The molecule has 0 aromatic carbocycles. The van der Waals surface area contributed by atoms with Crippen molar-refractivity contribution in [3.05, 3.63) is 29.5 Å². The summed E-state index contributed by atoms with van der Waals surface area (Å²) in [6.07, 6.45) is 5.47. The maximum absolute atomic E-state index is 8.72. The third-order valence-corrected chi connectivity index (χ3v) is 2.62. The van der Waals surface area contributed by atoms with Crippen molar-refractivity contribution in [1.82, 2.24) is 14.8 Å². The molecule has 0 radical (unpaired) electrons. The van der Waals surface area contributed by atoms with E-state index in [1.807, 2.05) is 11.6 Å². The highest BCUT2D eigenvalue weighted by Gasteiger charge is 1.99. The zero-order chi connectivity index (χ0) is 10.5. The Morgan fingerprint density at radius 2 is 2.47 bits per heavy atom. The topological polar surface area (TPSA) is 63.0 Å². The molecule has 15 heavy (non-hydrogen) atoms. The van der Waals surface area contributed by atoms with Gasteiger partial charge in [0.25, 0.3) is 0 Å². The lowest BCUT2D eigenvalue weighted by molar-refractivity contribution is 0.269. The average Bonchev–Trinajstić information content (AvgIpc) is 2.85. The van der Waals surface area contributed by atoms with Crippen LogP contribution in [0.25, 0.3) is 0 Å². The van der Waals surface area contributed by atoms with Gasteiger partial charge in [0.2, 0.25) is 0 Å². The average molecular weight is 224 g/mol. The predicted molar refractivity (Wildman–Crippen MR) is 58.8 cm³/mol. The molecule has 0 atom stereocenters. The van der Waals surface area contributed by atoms with Gasteiger partial charge in [0.1, 0.15) is 0 Å². The molecule has 0 saturated heterocycles. The Balaban J connectivity index is 1.88. The molecule has 0 amide bonds. The molecule has 6 heteroatoms. The van der Waals surface area contributed by atoms with Gasteiger partial charge in [0.05, 0.1) is 19.3 Å². The Hall–Kier alpha value is -1.40. The summed E-state index contributed by atoms with van der Waals surface area (Å²) in [5.41, 5.74) is 1.08. The van der Waals surface area contributed by atoms with Crippen molar-refractivity contribution in [2.45, 2.75) is 13.1 Å². The van der Waals surface area contributed by atoms with Gasteiger partial charge in [-0.3, -0.25) is 4.68 Å². The molecule has 2 N–H and O–H groups in total. The Morgan fingerprint density at radius 1 is 1.53 bits per heavy atom. The van der Waals surface area contributed by atoms with Gasteiger partial charge in [-0.05, 0) is 0 Å². The molecule has 80 valence electrons. The van der Waals surface area contributed by atoms with Crippen LogP contribution in [-0.2, 0) is 13.1 Å². The number of nitrogens with one attached hydrogen (secondary N) is 1. The zero-order valence-corrected chi connectivity index (χ0v) is 8.94. The van der Waals surface area contributed by atoms with Gasteiger partial charge >= 0.3 is 0 Å². The van der Waals surface area contributed by atoms with Gasteiger partial charge in [-0.25, -0.2) is 4.98 Å². The number of aliphatic hydroxyl groups excluding tert-OH is 1. The van der Waals surface area contributed by atoms with Crippen molar-refractivity contribution in [2.75, 3.05) is 11.9 Å². The molecule has 0 bridgehead atoms. The molecule has 2 aromatic heterocycles. The molecule has 2 heterocycles. The van der Waals surface area contributed by atoms with Crippen molar-refractivity contribution in [3.63, 3.8) is 0 Å². The smallest absolute Gasteiger partial charge is 0.182 e. The van der Waals surface area contributed by atoms with E-state index in [0.29, 0.717) is 13.1 Å². The van der Waals surface area contributed by atoms with Gasteiger partial charge in [-0.1, -0.05) is 0 Å². The number of nitrogens with zero attached hydrogens (tertiary/aromatic N) is 3. The monoisotopic (exact) mass is 224 g/mol. The van der Waals surface area contributed by atoms with Crippen LogP contribution in [0, 0.1) is 0 Å². The summed E-state index contributed by atoms with van der Waals surface area (Å²) in [5.74, 6) is 0. The third-order valence-electron chi connectivity index (χ3n) is 1.89. The Kier molecular flexibility index (Phi) is 3.31. The third kappa shape index (κ3) is 2.77. The van der Waals surface area contributed by atoms with Crippen molar-refractivity contribution in [1.29, 1.82) is 0 Å².